The summed E-state index contributed by atoms with van der Waals surface area (Å²) in [6, 6.07) is 8.82. The summed E-state index contributed by atoms with van der Waals surface area (Å²) in [6.45, 7) is 7.78. The predicted octanol–water partition coefficient (Wildman–Crippen LogP) is 4.48. The molecule has 0 atom stereocenters. The molecule has 6 nitrogen and oxygen atoms in total. The largest absolute Gasteiger partial charge is 0.478 e. The van der Waals surface area contributed by atoms with Gasteiger partial charge in [0.2, 0.25) is 5.88 Å². The molecule has 176 valence electrons. The van der Waals surface area contributed by atoms with Crippen molar-refractivity contribution in [3.8, 4) is 28.5 Å². The number of H-pyrrole nitrogens is 1. The van der Waals surface area contributed by atoms with Crippen LogP contribution in [0.3, 0.4) is 0 Å². The number of alkyl halides is 3. The Kier molecular flexibility index (Phi) is 6.99. The first-order valence-electron chi connectivity index (χ1n) is 11.0. The van der Waals surface area contributed by atoms with Gasteiger partial charge in [-0.2, -0.15) is 13.2 Å². The average Bonchev–Trinajstić information content (AvgIpc) is 3.19. The summed E-state index contributed by atoms with van der Waals surface area (Å²) >= 11 is 0. The lowest BCUT2D eigenvalue weighted by Gasteiger charge is -2.32. The molecule has 0 aliphatic carbocycles. The standard InChI is InChI=1S/C24H28F3N5O/c1-17-22(18-5-3-6-20(15-18)24(25,26)27)30-23(29-17)19-7-8-21(28-16-19)33-14-4-9-32-12-10-31(2)11-13-32/h3,5-8,15-16H,4,9-14H2,1-2H3,(H,29,30). The van der Waals surface area contributed by atoms with Crippen LogP contribution in [0.1, 0.15) is 17.7 Å². The number of nitrogens with one attached hydrogen (secondary N) is 1. The number of nitrogens with zero attached hydrogens (tertiary/aromatic N) is 4. The summed E-state index contributed by atoms with van der Waals surface area (Å²) in [5.74, 6) is 1.09. The Morgan fingerprint density at radius 1 is 1.06 bits per heavy atom. The summed E-state index contributed by atoms with van der Waals surface area (Å²) in [5, 5.41) is 0. The van der Waals surface area contributed by atoms with E-state index in [1.807, 2.05) is 6.07 Å². The molecule has 1 aliphatic rings. The highest BCUT2D eigenvalue weighted by Gasteiger charge is 2.30. The van der Waals surface area contributed by atoms with Gasteiger partial charge in [-0.3, -0.25) is 0 Å². The Bertz CT molecular complexity index is 1060. The van der Waals surface area contributed by atoms with Gasteiger partial charge in [-0.05, 0) is 38.6 Å². The lowest BCUT2D eigenvalue weighted by Crippen LogP contribution is -2.44. The Hall–Kier alpha value is -2.91. The highest BCUT2D eigenvalue weighted by Crippen LogP contribution is 2.33. The van der Waals surface area contributed by atoms with Crippen molar-refractivity contribution in [1.29, 1.82) is 0 Å². The minimum atomic E-state index is -4.40. The maximum absolute atomic E-state index is 13.1. The van der Waals surface area contributed by atoms with E-state index < -0.39 is 11.7 Å². The molecule has 1 aromatic carbocycles. The average molecular weight is 460 g/mol. The van der Waals surface area contributed by atoms with Crippen LogP contribution in [0, 0.1) is 6.92 Å². The van der Waals surface area contributed by atoms with Gasteiger partial charge < -0.3 is 19.5 Å². The number of halogens is 3. The van der Waals surface area contributed by atoms with Crippen molar-refractivity contribution < 1.29 is 17.9 Å². The molecule has 0 radical (unpaired) electrons. The van der Waals surface area contributed by atoms with Crippen molar-refractivity contribution in [3.63, 3.8) is 0 Å². The van der Waals surface area contributed by atoms with Crippen LogP contribution in [-0.4, -0.2) is 71.1 Å². The van der Waals surface area contributed by atoms with Crippen LogP contribution in [0.25, 0.3) is 22.6 Å². The molecule has 9 heteroatoms. The Labute approximate surface area is 191 Å². The van der Waals surface area contributed by atoms with E-state index in [0.717, 1.165) is 56.8 Å². The van der Waals surface area contributed by atoms with E-state index in [9.17, 15) is 13.2 Å². The number of aryl methyl sites for hydroxylation is 1. The molecule has 1 fully saturated rings. The first-order chi connectivity index (χ1) is 15.8. The third-order valence-corrected chi connectivity index (χ3v) is 5.82. The van der Waals surface area contributed by atoms with E-state index in [0.29, 0.717) is 35.3 Å². The highest BCUT2D eigenvalue weighted by molar-refractivity contribution is 5.67. The molecule has 3 heterocycles. The lowest BCUT2D eigenvalue weighted by atomic mass is 10.1. The SMILES string of the molecule is Cc1[nH]c(-c2ccc(OCCCN3CCN(C)CC3)nc2)nc1-c1cccc(C(F)(F)F)c1. The van der Waals surface area contributed by atoms with Gasteiger partial charge in [0.1, 0.15) is 5.82 Å². The van der Waals surface area contributed by atoms with Crippen molar-refractivity contribution in [2.45, 2.75) is 19.5 Å². The number of hydrogen-bond donors (Lipinski definition) is 1. The molecule has 0 saturated carbocycles. The third kappa shape index (κ3) is 5.91. The number of ether oxygens (including phenoxy) is 1. The molecule has 1 saturated heterocycles. The fourth-order valence-corrected chi connectivity index (χ4v) is 3.86. The zero-order valence-electron chi connectivity index (χ0n) is 18.8. The van der Waals surface area contributed by atoms with Crippen LogP contribution in [0.4, 0.5) is 13.2 Å². The van der Waals surface area contributed by atoms with E-state index >= 15 is 0 Å². The number of hydrogen-bond acceptors (Lipinski definition) is 5. The summed E-state index contributed by atoms with van der Waals surface area (Å²) in [4.78, 5) is 16.8. The number of likely N-dealkylation sites (N-methyl/N-ethyl adjacent to an activating group) is 1. The number of rotatable bonds is 7. The molecule has 0 spiro atoms. The van der Waals surface area contributed by atoms with Crippen LogP contribution in [0.2, 0.25) is 0 Å². The molecule has 2 aromatic heterocycles. The van der Waals surface area contributed by atoms with Gasteiger partial charge in [0.15, 0.2) is 0 Å². The summed E-state index contributed by atoms with van der Waals surface area (Å²) in [7, 11) is 2.14. The lowest BCUT2D eigenvalue weighted by molar-refractivity contribution is -0.137. The quantitative estimate of drug-likeness (QED) is 0.528. The topological polar surface area (TPSA) is 57.3 Å². The predicted molar refractivity (Wildman–Crippen MR) is 121 cm³/mol. The second-order valence-electron chi connectivity index (χ2n) is 8.37. The van der Waals surface area contributed by atoms with Crippen LogP contribution in [0.5, 0.6) is 5.88 Å². The molecule has 0 amide bonds. The second kappa shape index (κ2) is 9.93. The molecular weight excluding hydrogens is 431 g/mol. The molecule has 1 N–H and O–H groups in total. The second-order valence-corrected chi connectivity index (χ2v) is 8.37. The Morgan fingerprint density at radius 2 is 1.85 bits per heavy atom. The number of aromatic amines is 1. The Balaban J connectivity index is 1.36. The molecule has 0 bridgehead atoms. The van der Waals surface area contributed by atoms with Crippen LogP contribution in [-0.2, 0) is 6.18 Å². The van der Waals surface area contributed by atoms with E-state index in [4.69, 9.17) is 4.74 Å². The minimum absolute atomic E-state index is 0.415. The summed E-state index contributed by atoms with van der Waals surface area (Å²) in [5.41, 5.74) is 1.63. The van der Waals surface area contributed by atoms with Crippen LogP contribution < -0.4 is 4.74 Å². The van der Waals surface area contributed by atoms with Gasteiger partial charge in [-0.25, -0.2) is 9.97 Å². The van der Waals surface area contributed by atoms with Gasteiger partial charge in [0, 0.05) is 61.8 Å². The molecule has 0 unspecified atom stereocenters. The van der Waals surface area contributed by atoms with Gasteiger partial charge in [-0.15, -0.1) is 0 Å². The molecule has 1 aliphatic heterocycles. The molecule has 3 aromatic rings. The van der Waals surface area contributed by atoms with E-state index in [1.165, 1.54) is 6.07 Å². The van der Waals surface area contributed by atoms with E-state index in [2.05, 4.69) is 31.8 Å². The zero-order chi connectivity index (χ0) is 23.4. The smallest absolute Gasteiger partial charge is 0.416 e. The van der Waals surface area contributed by atoms with E-state index in [1.54, 1.807) is 25.3 Å². The number of aromatic nitrogens is 3. The number of piperazine rings is 1. The minimum Gasteiger partial charge on any atom is -0.478 e. The summed E-state index contributed by atoms with van der Waals surface area (Å²) < 4.78 is 44.9. The highest BCUT2D eigenvalue weighted by atomic mass is 19.4. The van der Waals surface area contributed by atoms with Gasteiger partial charge in [0.25, 0.3) is 0 Å². The molecular formula is C24H28F3N5O. The first kappa shape index (κ1) is 23.3. The van der Waals surface area contributed by atoms with Crippen molar-refractivity contribution in [1.82, 2.24) is 24.8 Å². The molecule has 4 rings (SSSR count). The monoisotopic (exact) mass is 459 g/mol. The number of pyridine rings is 1. The first-order valence-corrected chi connectivity index (χ1v) is 11.0. The third-order valence-electron chi connectivity index (χ3n) is 5.82. The fraction of sp³-hybridized carbons (Fsp3) is 0.417. The van der Waals surface area contributed by atoms with Crippen molar-refractivity contribution >= 4 is 0 Å². The van der Waals surface area contributed by atoms with Crippen molar-refractivity contribution in [2.75, 3.05) is 46.4 Å². The normalized spacial score (nSPS) is 15.7. The maximum atomic E-state index is 13.1. The summed E-state index contributed by atoms with van der Waals surface area (Å²) in [6.07, 6.45) is -1.80. The van der Waals surface area contributed by atoms with Crippen molar-refractivity contribution in [2.24, 2.45) is 0 Å². The van der Waals surface area contributed by atoms with Crippen LogP contribution in [0.15, 0.2) is 42.6 Å². The van der Waals surface area contributed by atoms with Gasteiger partial charge >= 0.3 is 6.18 Å². The fourth-order valence-electron chi connectivity index (χ4n) is 3.86. The van der Waals surface area contributed by atoms with Gasteiger partial charge in [0.05, 0.1) is 17.9 Å². The van der Waals surface area contributed by atoms with Crippen LogP contribution >= 0.6 is 0 Å². The zero-order valence-corrected chi connectivity index (χ0v) is 18.8. The Morgan fingerprint density at radius 3 is 2.55 bits per heavy atom. The molecule has 33 heavy (non-hydrogen) atoms. The van der Waals surface area contributed by atoms with Crippen molar-refractivity contribution in [3.05, 3.63) is 53.9 Å². The number of imidazole rings is 1. The number of benzene rings is 1. The van der Waals surface area contributed by atoms with Gasteiger partial charge in [-0.1, -0.05) is 12.1 Å². The maximum Gasteiger partial charge on any atom is 0.416 e. The van der Waals surface area contributed by atoms with E-state index in [-0.39, 0.29) is 0 Å².